The second-order valence-corrected chi connectivity index (χ2v) is 6.71. The van der Waals surface area contributed by atoms with Crippen LogP contribution in [-0.4, -0.2) is 41.6 Å². The highest BCUT2D eigenvalue weighted by atomic mass is 32.2. The van der Waals surface area contributed by atoms with Crippen molar-refractivity contribution in [2.24, 2.45) is 5.73 Å². The number of aromatic amines is 1. The minimum atomic E-state index is -2.90. The second kappa shape index (κ2) is 5.14. The first kappa shape index (κ1) is 12.5. The Bertz CT molecular complexity index is 468. The molecule has 0 bridgehead atoms. The maximum absolute atomic E-state index is 11.5. The Labute approximate surface area is 101 Å². The highest BCUT2D eigenvalue weighted by Gasteiger charge is 2.28. The molecule has 2 heterocycles. The van der Waals surface area contributed by atoms with Crippen LogP contribution in [0.1, 0.15) is 36.8 Å². The molecular formula is C10H18N4O2S. The molecule has 1 saturated heterocycles. The van der Waals surface area contributed by atoms with Crippen molar-refractivity contribution in [1.82, 2.24) is 15.2 Å². The Morgan fingerprint density at radius 3 is 3.00 bits per heavy atom. The third-order valence-electron chi connectivity index (χ3n) is 2.99. The summed E-state index contributed by atoms with van der Waals surface area (Å²) in [5.74, 6) is 1.88. The van der Waals surface area contributed by atoms with Crippen LogP contribution in [0.25, 0.3) is 0 Å². The Morgan fingerprint density at radius 1 is 1.47 bits per heavy atom. The molecular weight excluding hydrogens is 240 g/mol. The monoisotopic (exact) mass is 258 g/mol. The van der Waals surface area contributed by atoms with E-state index in [0.717, 1.165) is 25.1 Å². The van der Waals surface area contributed by atoms with Crippen LogP contribution in [-0.2, 0) is 16.3 Å². The van der Waals surface area contributed by atoms with Crippen molar-refractivity contribution in [1.29, 1.82) is 0 Å². The van der Waals surface area contributed by atoms with Gasteiger partial charge in [-0.05, 0) is 25.8 Å². The number of nitrogens with one attached hydrogen (secondary N) is 1. The van der Waals surface area contributed by atoms with Gasteiger partial charge in [-0.1, -0.05) is 0 Å². The fraction of sp³-hybridized carbons (Fsp3) is 0.800. The Kier molecular flexibility index (Phi) is 3.78. The number of nitrogens with two attached hydrogens (primary N) is 1. The molecule has 7 heteroatoms. The zero-order valence-corrected chi connectivity index (χ0v) is 10.5. The molecule has 0 saturated carbocycles. The summed E-state index contributed by atoms with van der Waals surface area (Å²) >= 11 is 0. The molecule has 2 rings (SSSR count). The first-order valence-corrected chi connectivity index (χ1v) is 7.74. The molecule has 17 heavy (non-hydrogen) atoms. The molecule has 1 atom stereocenters. The predicted molar refractivity (Wildman–Crippen MR) is 64.4 cm³/mol. The lowest BCUT2D eigenvalue weighted by atomic mass is 10.1. The summed E-state index contributed by atoms with van der Waals surface area (Å²) in [6.07, 6.45) is 3.19. The Balaban J connectivity index is 2.04. The van der Waals surface area contributed by atoms with Gasteiger partial charge in [-0.25, -0.2) is 13.4 Å². The minimum Gasteiger partial charge on any atom is -0.330 e. The fourth-order valence-electron chi connectivity index (χ4n) is 2.10. The largest absolute Gasteiger partial charge is 0.330 e. The van der Waals surface area contributed by atoms with E-state index in [2.05, 4.69) is 15.2 Å². The Hall–Kier alpha value is -0.950. The summed E-state index contributed by atoms with van der Waals surface area (Å²) in [7, 11) is -2.90. The van der Waals surface area contributed by atoms with Gasteiger partial charge in [0, 0.05) is 12.3 Å². The van der Waals surface area contributed by atoms with Gasteiger partial charge < -0.3 is 5.73 Å². The van der Waals surface area contributed by atoms with Crippen LogP contribution in [0.4, 0.5) is 0 Å². The van der Waals surface area contributed by atoms with Crippen LogP contribution in [0.5, 0.6) is 0 Å². The molecule has 0 radical (unpaired) electrons. The van der Waals surface area contributed by atoms with E-state index in [1.807, 2.05) is 0 Å². The van der Waals surface area contributed by atoms with Gasteiger partial charge in [0.05, 0.1) is 11.5 Å². The fourth-order valence-corrected chi connectivity index (χ4v) is 3.80. The number of sulfone groups is 1. The average Bonchev–Trinajstić information content (AvgIpc) is 2.73. The number of aryl methyl sites for hydroxylation is 1. The van der Waals surface area contributed by atoms with E-state index in [0.29, 0.717) is 24.5 Å². The smallest absolute Gasteiger partial charge is 0.154 e. The van der Waals surface area contributed by atoms with Crippen LogP contribution in [0, 0.1) is 0 Å². The maximum atomic E-state index is 11.5. The Morgan fingerprint density at radius 2 is 2.29 bits per heavy atom. The zero-order valence-electron chi connectivity index (χ0n) is 9.72. The van der Waals surface area contributed by atoms with E-state index in [1.165, 1.54) is 0 Å². The van der Waals surface area contributed by atoms with Crippen LogP contribution in [0.3, 0.4) is 0 Å². The molecule has 1 unspecified atom stereocenters. The minimum absolute atomic E-state index is 0.0448. The van der Waals surface area contributed by atoms with Gasteiger partial charge >= 0.3 is 0 Å². The standard InChI is InChI=1S/C10H18N4O2S/c11-5-1-4-9-12-10(14-13-9)8-3-2-6-17(15,16)7-8/h8H,1-7,11H2,(H,12,13,14). The molecule has 1 aromatic heterocycles. The van der Waals surface area contributed by atoms with Crippen molar-refractivity contribution in [3.8, 4) is 0 Å². The highest BCUT2D eigenvalue weighted by molar-refractivity contribution is 7.91. The summed E-state index contributed by atoms with van der Waals surface area (Å²) in [5.41, 5.74) is 5.42. The average molecular weight is 258 g/mol. The molecule has 1 aromatic rings. The molecule has 1 aliphatic heterocycles. The number of hydrogen-bond acceptors (Lipinski definition) is 5. The van der Waals surface area contributed by atoms with Gasteiger partial charge in [0.1, 0.15) is 5.82 Å². The molecule has 1 fully saturated rings. The van der Waals surface area contributed by atoms with Crippen molar-refractivity contribution in [2.75, 3.05) is 18.1 Å². The summed E-state index contributed by atoms with van der Waals surface area (Å²) < 4.78 is 23.1. The number of rotatable bonds is 4. The molecule has 0 spiro atoms. The maximum Gasteiger partial charge on any atom is 0.154 e. The quantitative estimate of drug-likeness (QED) is 0.790. The number of nitrogens with zero attached hydrogens (tertiary/aromatic N) is 2. The number of aromatic nitrogens is 3. The zero-order chi connectivity index (χ0) is 12.3. The molecule has 0 aliphatic carbocycles. The van der Waals surface area contributed by atoms with Gasteiger partial charge in [-0.15, -0.1) is 0 Å². The SMILES string of the molecule is NCCCc1nc(C2CCCS(=O)(=O)C2)n[nH]1. The summed E-state index contributed by atoms with van der Waals surface area (Å²) in [6.45, 7) is 0.619. The van der Waals surface area contributed by atoms with E-state index in [4.69, 9.17) is 5.73 Å². The van der Waals surface area contributed by atoms with E-state index < -0.39 is 9.84 Å². The van der Waals surface area contributed by atoms with Crippen molar-refractivity contribution in [3.63, 3.8) is 0 Å². The van der Waals surface area contributed by atoms with E-state index in [9.17, 15) is 8.42 Å². The molecule has 96 valence electrons. The third kappa shape index (κ3) is 3.26. The molecule has 0 amide bonds. The van der Waals surface area contributed by atoms with E-state index in [1.54, 1.807) is 0 Å². The van der Waals surface area contributed by atoms with Crippen LogP contribution < -0.4 is 5.73 Å². The summed E-state index contributed by atoms with van der Waals surface area (Å²) in [5, 5.41) is 6.97. The van der Waals surface area contributed by atoms with Crippen molar-refractivity contribution >= 4 is 9.84 Å². The van der Waals surface area contributed by atoms with Gasteiger partial charge in [0.25, 0.3) is 0 Å². The molecule has 6 nitrogen and oxygen atoms in total. The normalized spacial score (nSPS) is 23.7. The second-order valence-electron chi connectivity index (χ2n) is 4.49. The van der Waals surface area contributed by atoms with Crippen molar-refractivity contribution in [2.45, 2.75) is 31.6 Å². The summed E-state index contributed by atoms with van der Waals surface area (Å²) in [6, 6.07) is 0. The van der Waals surface area contributed by atoms with E-state index in [-0.39, 0.29) is 11.7 Å². The molecule has 0 aromatic carbocycles. The number of hydrogen-bond donors (Lipinski definition) is 2. The lowest BCUT2D eigenvalue weighted by molar-refractivity contribution is 0.544. The highest BCUT2D eigenvalue weighted by Crippen LogP contribution is 2.25. The van der Waals surface area contributed by atoms with Crippen LogP contribution in [0.2, 0.25) is 0 Å². The van der Waals surface area contributed by atoms with Crippen molar-refractivity contribution in [3.05, 3.63) is 11.6 Å². The van der Waals surface area contributed by atoms with Gasteiger partial charge in [0.2, 0.25) is 0 Å². The molecule has 3 N–H and O–H groups in total. The first-order valence-electron chi connectivity index (χ1n) is 5.92. The number of H-pyrrole nitrogens is 1. The molecule has 1 aliphatic rings. The van der Waals surface area contributed by atoms with E-state index >= 15 is 0 Å². The van der Waals surface area contributed by atoms with Gasteiger partial charge in [0.15, 0.2) is 15.7 Å². The topological polar surface area (TPSA) is 102 Å². The van der Waals surface area contributed by atoms with Crippen molar-refractivity contribution < 1.29 is 8.42 Å². The lowest BCUT2D eigenvalue weighted by Crippen LogP contribution is -2.24. The van der Waals surface area contributed by atoms with Crippen LogP contribution >= 0.6 is 0 Å². The lowest BCUT2D eigenvalue weighted by Gasteiger charge is -2.18. The predicted octanol–water partition coefficient (Wildman–Crippen LogP) is -0.0118. The summed E-state index contributed by atoms with van der Waals surface area (Å²) in [4.78, 5) is 4.35. The third-order valence-corrected chi connectivity index (χ3v) is 4.82. The van der Waals surface area contributed by atoms with Gasteiger partial charge in [-0.3, -0.25) is 5.10 Å². The van der Waals surface area contributed by atoms with Gasteiger partial charge in [-0.2, -0.15) is 5.10 Å². The first-order chi connectivity index (χ1) is 8.11. The van der Waals surface area contributed by atoms with Crippen LogP contribution in [0.15, 0.2) is 0 Å².